The molecule has 6 heteroatoms. The van der Waals surface area contributed by atoms with Gasteiger partial charge in [-0.1, -0.05) is 66.4 Å². The van der Waals surface area contributed by atoms with E-state index in [0.717, 1.165) is 11.1 Å². The summed E-state index contributed by atoms with van der Waals surface area (Å²) in [5, 5.41) is 6.91. The van der Waals surface area contributed by atoms with Crippen molar-refractivity contribution < 1.29 is 4.79 Å². The quantitative estimate of drug-likeness (QED) is 0.559. The average Bonchev–Trinajstić information content (AvgIpc) is 2.99. The maximum absolute atomic E-state index is 12.2. The number of benzene rings is 2. The van der Waals surface area contributed by atoms with Gasteiger partial charge in [0, 0.05) is 5.56 Å². The van der Waals surface area contributed by atoms with Crippen LogP contribution < -0.4 is 5.73 Å². The molecule has 0 radical (unpaired) electrons. The van der Waals surface area contributed by atoms with Crippen LogP contribution in [0.2, 0.25) is 0 Å². The normalized spacial score (nSPS) is 10.5. The monoisotopic (exact) mass is 310 g/mol. The van der Waals surface area contributed by atoms with Crippen LogP contribution in [0, 0.1) is 0 Å². The van der Waals surface area contributed by atoms with Gasteiger partial charge >= 0.3 is 0 Å². The van der Waals surface area contributed by atoms with E-state index in [1.54, 1.807) is 0 Å². The number of nitrogens with zero attached hydrogens (tertiary/aromatic N) is 2. The van der Waals surface area contributed by atoms with Crippen LogP contribution in [0.1, 0.15) is 10.4 Å². The van der Waals surface area contributed by atoms with E-state index in [2.05, 4.69) is 15.2 Å². The van der Waals surface area contributed by atoms with Crippen molar-refractivity contribution in [3.63, 3.8) is 0 Å². The molecular formula is C16H14N4OS. The van der Waals surface area contributed by atoms with E-state index < -0.39 is 0 Å². The third-order valence-electron chi connectivity index (χ3n) is 3.13. The second-order valence-electron chi connectivity index (χ2n) is 4.66. The molecule has 0 aliphatic rings. The Morgan fingerprint density at radius 1 is 1.05 bits per heavy atom. The number of carbonyl (C=O) groups is 1. The lowest BCUT2D eigenvalue weighted by atomic mass is 10.0. The van der Waals surface area contributed by atoms with Crippen LogP contribution in [-0.2, 0) is 0 Å². The summed E-state index contributed by atoms with van der Waals surface area (Å²) in [4.78, 5) is 16.1. The Hall–Kier alpha value is -2.60. The third-order valence-corrected chi connectivity index (χ3v) is 3.98. The van der Waals surface area contributed by atoms with Crippen LogP contribution in [0.15, 0.2) is 59.8 Å². The summed E-state index contributed by atoms with van der Waals surface area (Å²) in [6.07, 6.45) is 0. The summed E-state index contributed by atoms with van der Waals surface area (Å²) < 4.78 is 0. The van der Waals surface area contributed by atoms with Crippen molar-refractivity contribution in [2.45, 2.75) is 5.16 Å². The van der Waals surface area contributed by atoms with Crippen LogP contribution >= 0.6 is 11.8 Å². The number of ketones is 1. The number of carbonyl (C=O) groups excluding carboxylic acids is 1. The van der Waals surface area contributed by atoms with Crippen molar-refractivity contribution in [2.75, 3.05) is 11.5 Å². The predicted molar refractivity (Wildman–Crippen MR) is 87.7 cm³/mol. The molecule has 110 valence electrons. The van der Waals surface area contributed by atoms with Gasteiger partial charge in [0.1, 0.15) is 0 Å². The number of hydrogen-bond donors (Lipinski definition) is 2. The first-order chi connectivity index (χ1) is 10.7. The number of hydrogen-bond acceptors (Lipinski definition) is 5. The number of aromatic amines is 1. The summed E-state index contributed by atoms with van der Waals surface area (Å²) in [5.41, 5.74) is 8.34. The highest BCUT2D eigenvalue weighted by atomic mass is 32.2. The number of aromatic nitrogens is 3. The number of nitrogens with two attached hydrogens (primary N) is 1. The van der Waals surface area contributed by atoms with Crippen LogP contribution in [0.4, 0.5) is 5.95 Å². The molecule has 1 aromatic heterocycles. The molecule has 0 amide bonds. The zero-order valence-corrected chi connectivity index (χ0v) is 12.5. The smallest absolute Gasteiger partial charge is 0.216 e. The molecule has 0 fully saturated rings. The second kappa shape index (κ2) is 6.44. The molecule has 0 aliphatic heterocycles. The van der Waals surface area contributed by atoms with Gasteiger partial charge in [0.2, 0.25) is 11.1 Å². The molecule has 0 saturated carbocycles. The van der Waals surface area contributed by atoms with Gasteiger partial charge in [-0.05, 0) is 11.1 Å². The predicted octanol–water partition coefficient (Wildman–Crippen LogP) is 3.03. The van der Waals surface area contributed by atoms with Crippen molar-refractivity contribution in [1.29, 1.82) is 0 Å². The molecule has 2 aromatic carbocycles. The van der Waals surface area contributed by atoms with Gasteiger partial charge in [-0.25, -0.2) is 5.10 Å². The molecule has 0 spiro atoms. The number of anilines is 1. The molecule has 3 rings (SSSR count). The van der Waals surface area contributed by atoms with E-state index in [1.807, 2.05) is 54.6 Å². The van der Waals surface area contributed by atoms with Crippen molar-refractivity contribution in [3.8, 4) is 11.1 Å². The topological polar surface area (TPSA) is 84.7 Å². The summed E-state index contributed by atoms with van der Waals surface area (Å²) >= 11 is 1.26. The first kappa shape index (κ1) is 14.3. The molecule has 0 unspecified atom stereocenters. The molecule has 3 N–H and O–H groups in total. The van der Waals surface area contributed by atoms with Gasteiger partial charge in [-0.15, -0.1) is 5.10 Å². The van der Waals surface area contributed by atoms with Crippen molar-refractivity contribution in [2.24, 2.45) is 0 Å². The minimum Gasteiger partial charge on any atom is -0.368 e. The SMILES string of the molecule is Nc1nc(SCC(=O)c2ccc(-c3ccccc3)cc2)n[nH]1. The summed E-state index contributed by atoms with van der Waals surface area (Å²) in [6, 6.07) is 17.7. The fraction of sp³-hybridized carbons (Fsp3) is 0.0625. The van der Waals surface area contributed by atoms with E-state index in [0.29, 0.717) is 10.7 Å². The molecule has 1 heterocycles. The van der Waals surface area contributed by atoms with Crippen molar-refractivity contribution in [3.05, 3.63) is 60.2 Å². The molecule has 22 heavy (non-hydrogen) atoms. The zero-order valence-electron chi connectivity index (χ0n) is 11.7. The number of nitrogen functional groups attached to an aromatic ring is 1. The van der Waals surface area contributed by atoms with E-state index in [1.165, 1.54) is 11.8 Å². The number of thioether (sulfide) groups is 1. The average molecular weight is 310 g/mol. The number of rotatable bonds is 5. The van der Waals surface area contributed by atoms with E-state index in [4.69, 9.17) is 5.73 Å². The van der Waals surface area contributed by atoms with Gasteiger partial charge in [0.05, 0.1) is 5.75 Å². The lowest BCUT2D eigenvalue weighted by molar-refractivity contribution is 0.102. The lowest BCUT2D eigenvalue weighted by Crippen LogP contribution is -2.02. The van der Waals surface area contributed by atoms with E-state index in [9.17, 15) is 4.79 Å². The summed E-state index contributed by atoms with van der Waals surface area (Å²) in [7, 11) is 0. The fourth-order valence-corrected chi connectivity index (χ4v) is 2.72. The molecule has 0 atom stereocenters. The summed E-state index contributed by atoms with van der Waals surface area (Å²) in [5.74, 6) is 0.567. The maximum atomic E-state index is 12.2. The molecule has 0 saturated heterocycles. The van der Waals surface area contributed by atoms with Gasteiger partial charge in [0.15, 0.2) is 5.78 Å². The Morgan fingerprint density at radius 2 is 1.73 bits per heavy atom. The highest BCUT2D eigenvalue weighted by Gasteiger charge is 2.09. The second-order valence-corrected chi connectivity index (χ2v) is 5.60. The minimum absolute atomic E-state index is 0.0352. The van der Waals surface area contributed by atoms with E-state index in [-0.39, 0.29) is 17.5 Å². The van der Waals surface area contributed by atoms with Crippen LogP contribution in [0.25, 0.3) is 11.1 Å². The van der Waals surface area contributed by atoms with Crippen LogP contribution in [0.5, 0.6) is 0 Å². The summed E-state index contributed by atoms with van der Waals surface area (Å²) in [6.45, 7) is 0. The first-order valence-electron chi connectivity index (χ1n) is 6.72. The Bertz CT molecular complexity index is 768. The Balaban J connectivity index is 1.66. The van der Waals surface area contributed by atoms with Gasteiger partial charge in [-0.2, -0.15) is 4.98 Å². The molecule has 5 nitrogen and oxygen atoms in total. The molecule has 0 aliphatic carbocycles. The molecular weight excluding hydrogens is 296 g/mol. The fourth-order valence-electron chi connectivity index (χ4n) is 2.02. The number of H-pyrrole nitrogens is 1. The van der Waals surface area contributed by atoms with Crippen molar-refractivity contribution >= 4 is 23.5 Å². The van der Waals surface area contributed by atoms with Gasteiger partial charge in [0.25, 0.3) is 0 Å². The Labute approximate surface area is 132 Å². The number of nitrogens with one attached hydrogen (secondary N) is 1. The largest absolute Gasteiger partial charge is 0.368 e. The Morgan fingerprint density at radius 3 is 2.36 bits per heavy atom. The zero-order chi connectivity index (χ0) is 15.4. The minimum atomic E-state index is 0.0352. The van der Waals surface area contributed by atoms with Crippen LogP contribution in [-0.4, -0.2) is 26.7 Å². The van der Waals surface area contributed by atoms with Crippen molar-refractivity contribution in [1.82, 2.24) is 15.2 Å². The third kappa shape index (κ3) is 3.35. The van der Waals surface area contributed by atoms with Gasteiger partial charge < -0.3 is 5.73 Å². The maximum Gasteiger partial charge on any atom is 0.216 e. The standard InChI is InChI=1S/C16H14N4OS/c17-15-18-16(20-19-15)22-10-14(21)13-8-6-12(7-9-13)11-4-2-1-3-5-11/h1-9H,10H2,(H3,17,18,19,20). The highest BCUT2D eigenvalue weighted by molar-refractivity contribution is 7.99. The highest BCUT2D eigenvalue weighted by Crippen LogP contribution is 2.20. The lowest BCUT2D eigenvalue weighted by Gasteiger charge is -2.03. The number of Topliss-reactive ketones (excluding diaryl/α,β-unsaturated/α-hetero) is 1. The molecule has 0 bridgehead atoms. The van der Waals surface area contributed by atoms with Crippen LogP contribution in [0.3, 0.4) is 0 Å². The molecule has 3 aromatic rings. The van der Waals surface area contributed by atoms with Gasteiger partial charge in [-0.3, -0.25) is 4.79 Å². The Kier molecular flexibility index (Phi) is 4.20. The van der Waals surface area contributed by atoms with E-state index >= 15 is 0 Å². The first-order valence-corrected chi connectivity index (χ1v) is 7.70.